The lowest BCUT2D eigenvalue weighted by Crippen LogP contribution is -2.35. The maximum atomic E-state index is 12.0. The lowest BCUT2D eigenvalue weighted by Gasteiger charge is -2.15. The molecule has 1 amide bonds. The van der Waals surface area contributed by atoms with E-state index in [9.17, 15) is 4.79 Å². The molecule has 1 saturated carbocycles. The zero-order valence-electron chi connectivity index (χ0n) is 11.4. The van der Waals surface area contributed by atoms with Crippen LogP contribution in [-0.2, 0) is 0 Å². The Hall–Kier alpha value is -1.55. The maximum Gasteiger partial charge on any atom is 0.251 e. The van der Waals surface area contributed by atoms with Gasteiger partial charge in [0.15, 0.2) is 0 Å². The highest BCUT2D eigenvalue weighted by Crippen LogP contribution is 2.23. The molecule has 1 aromatic rings. The normalized spacial score (nSPS) is 22.2. The summed E-state index contributed by atoms with van der Waals surface area (Å²) in [5.41, 5.74) is 6.65. The SMILES string of the molecule is CCOc1ccc(C(=O)NCC2CCCC2N)cc1. The Balaban J connectivity index is 1.85. The summed E-state index contributed by atoms with van der Waals surface area (Å²) in [6.07, 6.45) is 3.36. The summed E-state index contributed by atoms with van der Waals surface area (Å²) in [6, 6.07) is 7.45. The van der Waals surface area contributed by atoms with E-state index in [1.54, 1.807) is 12.1 Å². The summed E-state index contributed by atoms with van der Waals surface area (Å²) < 4.78 is 5.35. The third kappa shape index (κ3) is 3.70. The van der Waals surface area contributed by atoms with Crippen LogP contribution >= 0.6 is 0 Å². The van der Waals surface area contributed by atoms with Crippen LogP contribution in [0.15, 0.2) is 24.3 Å². The number of nitrogens with two attached hydrogens (primary N) is 1. The average molecular weight is 262 g/mol. The Morgan fingerprint density at radius 2 is 2.11 bits per heavy atom. The second kappa shape index (κ2) is 6.57. The molecule has 0 saturated heterocycles. The summed E-state index contributed by atoms with van der Waals surface area (Å²) in [4.78, 5) is 12.0. The van der Waals surface area contributed by atoms with Gasteiger partial charge < -0.3 is 15.8 Å². The first-order chi connectivity index (χ1) is 9.20. The van der Waals surface area contributed by atoms with E-state index in [1.807, 2.05) is 19.1 Å². The molecule has 2 atom stereocenters. The molecular weight excluding hydrogens is 240 g/mol. The van der Waals surface area contributed by atoms with Gasteiger partial charge in [-0.1, -0.05) is 6.42 Å². The molecule has 1 aromatic carbocycles. The van der Waals surface area contributed by atoms with Crippen LogP contribution in [0.5, 0.6) is 5.75 Å². The van der Waals surface area contributed by atoms with E-state index in [1.165, 1.54) is 6.42 Å². The van der Waals surface area contributed by atoms with E-state index in [2.05, 4.69) is 5.32 Å². The zero-order valence-corrected chi connectivity index (χ0v) is 11.4. The van der Waals surface area contributed by atoms with Crippen molar-refractivity contribution in [2.75, 3.05) is 13.2 Å². The number of hydrogen-bond acceptors (Lipinski definition) is 3. The second-order valence-electron chi connectivity index (χ2n) is 5.02. The first kappa shape index (κ1) is 13.9. The van der Waals surface area contributed by atoms with E-state index in [0.29, 0.717) is 24.6 Å². The van der Waals surface area contributed by atoms with Crippen LogP contribution in [-0.4, -0.2) is 25.1 Å². The Kier molecular flexibility index (Phi) is 4.80. The Morgan fingerprint density at radius 1 is 1.37 bits per heavy atom. The van der Waals surface area contributed by atoms with Crippen molar-refractivity contribution in [2.24, 2.45) is 11.7 Å². The summed E-state index contributed by atoms with van der Waals surface area (Å²) in [6.45, 7) is 3.24. The molecule has 0 aliphatic heterocycles. The lowest BCUT2D eigenvalue weighted by atomic mass is 10.0. The summed E-state index contributed by atoms with van der Waals surface area (Å²) in [5.74, 6) is 1.17. The second-order valence-corrected chi connectivity index (χ2v) is 5.02. The van der Waals surface area contributed by atoms with Crippen molar-refractivity contribution in [3.63, 3.8) is 0 Å². The molecule has 1 aliphatic rings. The van der Waals surface area contributed by atoms with E-state index in [4.69, 9.17) is 10.5 Å². The van der Waals surface area contributed by atoms with E-state index in [-0.39, 0.29) is 11.9 Å². The van der Waals surface area contributed by atoms with E-state index >= 15 is 0 Å². The van der Waals surface area contributed by atoms with Gasteiger partial charge in [-0.25, -0.2) is 0 Å². The van der Waals surface area contributed by atoms with Gasteiger partial charge in [-0.2, -0.15) is 0 Å². The van der Waals surface area contributed by atoms with Gasteiger partial charge in [0.1, 0.15) is 5.75 Å². The third-order valence-corrected chi connectivity index (χ3v) is 3.67. The van der Waals surface area contributed by atoms with Crippen molar-refractivity contribution in [3.05, 3.63) is 29.8 Å². The minimum Gasteiger partial charge on any atom is -0.494 e. The largest absolute Gasteiger partial charge is 0.494 e. The topological polar surface area (TPSA) is 64.3 Å². The molecule has 2 rings (SSSR count). The van der Waals surface area contributed by atoms with Crippen LogP contribution in [0.3, 0.4) is 0 Å². The fourth-order valence-corrected chi connectivity index (χ4v) is 2.51. The van der Waals surface area contributed by atoms with Crippen molar-refractivity contribution in [1.82, 2.24) is 5.32 Å². The number of carbonyl (C=O) groups excluding carboxylic acids is 1. The predicted octanol–water partition coefficient (Wildman–Crippen LogP) is 1.94. The number of nitrogens with one attached hydrogen (secondary N) is 1. The van der Waals surface area contributed by atoms with Crippen LogP contribution in [0.1, 0.15) is 36.5 Å². The van der Waals surface area contributed by atoms with Crippen molar-refractivity contribution < 1.29 is 9.53 Å². The zero-order chi connectivity index (χ0) is 13.7. The van der Waals surface area contributed by atoms with Crippen LogP contribution in [0.2, 0.25) is 0 Å². The smallest absolute Gasteiger partial charge is 0.251 e. The van der Waals surface area contributed by atoms with E-state index in [0.717, 1.165) is 18.6 Å². The standard InChI is InChI=1S/C15H22N2O2/c1-2-19-13-8-6-11(7-9-13)15(18)17-10-12-4-3-5-14(12)16/h6-9,12,14H,2-5,10,16H2,1H3,(H,17,18). The molecular formula is C15H22N2O2. The molecule has 0 aromatic heterocycles. The van der Waals surface area contributed by atoms with Gasteiger partial charge in [0, 0.05) is 18.2 Å². The fraction of sp³-hybridized carbons (Fsp3) is 0.533. The molecule has 4 nitrogen and oxygen atoms in total. The monoisotopic (exact) mass is 262 g/mol. The molecule has 0 radical (unpaired) electrons. The quantitative estimate of drug-likeness (QED) is 0.852. The van der Waals surface area contributed by atoms with Crippen LogP contribution in [0, 0.1) is 5.92 Å². The van der Waals surface area contributed by atoms with Gasteiger partial charge >= 0.3 is 0 Å². The van der Waals surface area contributed by atoms with Gasteiger partial charge in [-0.3, -0.25) is 4.79 Å². The Bertz CT molecular complexity index is 417. The molecule has 2 unspecified atom stereocenters. The third-order valence-electron chi connectivity index (χ3n) is 3.67. The Labute approximate surface area is 114 Å². The number of amides is 1. The van der Waals surface area contributed by atoms with Gasteiger partial charge in [-0.15, -0.1) is 0 Å². The molecule has 1 aliphatic carbocycles. The van der Waals surface area contributed by atoms with Crippen molar-refractivity contribution in [1.29, 1.82) is 0 Å². The number of hydrogen-bond donors (Lipinski definition) is 2. The minimum absolute atomic E-state index is 0.0397. The molecule has 1 fully saturated rings. The molecule has 104 valence electrons. The summed E-state index contributed by atoms with van der Waals surface area (Å²) in [5, 5.41) is 2.96. The number of rotatable bonds is 5. The molecule has 3 N–H and O–H groups in total. The van der Waals surface area contributed by atoms with Crippen molar-refractivity contribution in [2.45, 2.75) is 32.2 Å². The van der Waals surface area contributed by atoms with Gasteiger partial charge in [0.25, 0.3) is 5.91 Å². The molecule has 0 bridgehead atoms. The van der Waals surface area contributed by atoms with Gasteiger partial charge in [0.05, 0.1) is 6.61 Å². The Morgan fingerprint density at radius 3 is 2.68 bits per heavy atom. The molecule has 4 heteroatoms. The highest BCUT2D eigenvalue weighted by atomic mass is 16.5. The summed E-state index contributed by atoms with van der Waals surface area (Å²) in [7, 11) is 0. The number of ether oxygens (including phenoxy) is 1. The van der Waals surface area contributed by atoms with Crippen molar-refractivity contribution in [3.8, 4) is 5.75 Å². The highest BCUT2D eigenvalue weighted by Gasteiger charge is 2.24. The van der Waals surface area contributed by atoms with Gasteiger partial charge in [0.2, 0.25) is 0 Å². The van der Waals surface area contributed by atoms with Gasteiger partial charge in [-0.05, 0) is 49.9 Å². The van der Waals surface area contributed by atoms with Crippen LogP contribution in [0.25, 0.3) is 0 Å². The first-order valence-electron chi connectivity index (χ1n) is 6.97. The highest BCUT2D eigenvalue weighted by molar-refractivity contribution is 5.94. The minimum atomic E-state index is -0.0397. The van der Waals surface area contributed by atoms with Crippen LogP contribution in [0.4, 0.5) is 0 Å². The first-order valence-corrected chi connectivity index (χ1v) is 6.97. The molecule has 0 spiro atoms. The number of carbonyl (C=O) groups is 1. The predicted molar refractivity (Wildman–Crippen MR) is 75.3 cm³/mol. The average Bonchev–Trinajstić information content (AvgIpc) is 2.83. The maximum absolute atomic E-state index is 12.0. The fourth-order valence-electron chi connectivity index (χ4n) is 2.51. The number of benzene rings is 1. The van der Waals surface area contributed by atoms with Crippen LogP contribution < -0.4 is 15.8 Å². The summed E-state index contributed by atoms with van der Waals surface area (Å²) >= 11 is 0. The molecule has 19 heavy (non-hydrogen) atoms. The lowest BCUT2D eigenvalue weighted by molar-refractivity contribution is 0.0946. The van der Waals surface area contributed by atoms with Crippen molar-refractivity contribution >= 4 is 5.91 Å². The molecule has 0 heterocycles. The van der Waals surface area contributed by atoms with E-state index < -0.39 is 0 Å².